The molecular formula is C27H33N5O4. The van der Waals surface area contributed by atoms with Gasteiger partial charge in [-0.15, -0.1) is 0 Å². The van der Waals surface area contributed by atoms with Gasteiger partial charge in [0.05, 0.1) is 12.6 Å². The molecule has 0 saturated carbocycles. The molecule has 0 aliphatic carbocycles. The summed E-state index contributed by atoms with van der Waals surface area (Å²) < 4.78 is 11.3. The Morgan fingerprint density at radius 1 is 1.14 bits per heavy atom. The maximum absolute atomic E-state index is 12.6. The highest BCUT2D eigenvalue weighted by molar-refractivity contribution is 6.02. The van der Waals surface area contributed by atoms with Crippen LogP contribution in [0.1, 0.15) is 55.9 Å². The molecule has 0 spiro atoms. The summed E-state index contributed by atoms with van der Waals surface area (Å²) >= 11 is 0. The van der Waals surface area contributed by atoms with Gasteiger partial charge in [-0.25, -0.2) is 4.98 Å². The Morgan fingerprint density at radius 3 is 2.53 bits per heavy atom. The van der Waals surface area contributed by atoms with E-state index in [4.69, 9.17) is 9.26 Å². The SMILES string of the molecule is CCN1CCC(Oc2ccc(C(=O)Nc3ccc(CC(=O)Nc4cc(C(C)(C)C)on4)cc3)nc2)C1. The van der Waals surface area contributed by atoms with E-state index in [0.717, 1.165) is 31.6 Å². The van der Waals surface area contributed by atoms with Gasteiger partial charge in [0, 0.05) is 30.3 Å². The number of anilines is 2. The topological polar surface area (TPSA) is 110 Å². The molecule has 0 radical (unpaired) electrons. The van der Waals surface area contributed by atoms with Gasteiger partial charge in [0.15, 0.2) is 5.82 Å². The third-order valence-corrected chi connectivity index (χ3v) is 6.04. The molecule has 1 aliphatic rings. The summed E-state index contributed by atoms with van der Waals surface area (Å²) in [6.45, 7) is 11.1. The largest absolute Gasteiger partial charge is 0.487 e. The lowest BCUT2D eigenvalue weighted by Gasteiger charge is -2.15. The van der Waals surface area contributed by atoms with Crippen LogP contribution in [0.5, 0.6) is 5.75 Å². The molecule has 3 aromatic rings. The van der Waals surface area contributed by atoms with Gasteiger partial charge in [-0.05, 0) is 42.8 Å². The van der Waals surface area contributed by atoms with Crippen LogP contribution in [0.15, 0.2) is 53.2 Å². The molecule has 36 heavy (non-hydrogen) atoms. The van der Waals surface area contributed by atoms with Crippen molar-refractivity contribution in [3.63, 3.8) is 0 Å². The third kappa shape index (κ3) is 6.69. The number of hydrogen-bond acceptors (Lipinski definition) is 7. The van der Waals surface area contributed by atoms with Crippen molar-refractivity contribution in [2.75, 3.05) is 30.3 Å². The molecule has 4 rings (SSSR count). The van der Waals surface area contributed by atoms with E-state index < -0.39 is 0 Å². The highest BCUT2D eigenvalue weighted by Gasteiger charge is 2.23. The van der Waals surface area contributed by atoms with E-state index >= 15 is 0 Å². The zero-order valence-electron chi connectivity index (χ0n) is 21.2. The number of carbonyl (C=O) groups excluding carboxylic acids is 2. The molecule has 1 fully saturated rings. The normalized spacial score (nSPS) is 16.1. The van der Waals surface area contributed by atoms with Crippen molar-refractivity contribution < 1.29 is 18.8 Å². The summed E-state index contributed by atoms with van der Waals surface area (Å²) in [6.07, 6.45) is 2.91. The van der Waals surface area contributed by atoms with Gasteiger partial charge in [-0.1, -0.05) is 45.0 Å². The number of rotatable bonds is 8. The van der Waals surface area contributed by atoms with Gasteiger partial charge >= 0.3 is 0 Å². The number of hydrogen-bond donors (Lipinski definition) is 2. The standard InChI is InChI=1S/C27H33N5O4/c1-5-32-13-12-21(17-32)35-20-10-11-22(28-16-20)26(34)29-19-8-6-18(7-9-19)14-25(33)30-24-15-23(36-31-24)27(2,3)4/h6-11,15-16,21H,5,12-14,17H2,1-4H3,(H,29,34)(H,30,31,33). The smallest absolute Gasteiger partial charge is 0.274 e. The molecule has 1 saturated heterocycles. The van der Waals surface area contributed by atoms with E-state index in [1.165, 1.54) is 0 Å². The first-order valence-corrected chi connectivity index (χ1v) is 12.2. The summed E-state index contributed by atoms with van der Waals surface area (Å²) in [6, 6.07) is 12.3. The van der Waals surface area contributed by atoms with Crippen molar-refractivity contribution >= 4 is 23.3 Å². The average Bonchev–Trinajstić information content (AvgIpc) is 3.50. The van der Waals surface area contributed by atoms with Gasteiger partial charge in [-0.3, -0.25) is 14.5 Å². The van der Waals surface area contributed by atoms with Crippen LogP contribution in [0.4, 0.5) is 11.5 Å². The molecule has 1 unspecified atom stereocenters. The molecule has 1 atom stereocenters. The summed E-state index contributed by atoms with van der Waals surface area (Å²) in [5.74, 6) is 1.24. The van der Waals surface area contributed by atoms with Crippen LogP contribution < -0.4 is 15.4 Å². The van der Waals surface area contributed by atoms with E-state index in [2.05, 4.69) is 32.6 Å². The molecule has 2 N–H and O–H groups in total. The lowest BCUT2D eigenvalue weighted by molar-refractivity contribution is -0.115. The fraction of sp³-hybridized carbons (Fsp3) is 0.407. The van der Waals surface area contributed by atoms with Crippen LogP contribution in [0.25, 0.3) is 0 Å². The van der Waals surface area contributed by atoms with Gasteiger partial charge in [-0.2, -0.15) is 0 Å². The zero-order chi connectivity index (χ0) is 25.7. The van der Waals surface area contributed by atoms with Crippen molar-refractivity contribution in [2.24, 2.45) is 0 Å². The van der Waals surface area contributed by atoms with Crippen molar-refractivity contribution in [3.05, 3.63) is 65.7 Å². The molecule has 9 nitrogen and oxygen atoms in total. The first-order chi connectivity index (χ1) is 17.2. The number of amides is 2. The highest BCUT2D eigenvalue weighted by Crippen LogP contribution is 2.24. The summed E-state index contributed by atoms with van der Waals surface area (Å²) in [5, 5.41) is 9.49. The van der Waals surface area contributed by atoms with Crippen molar-refractivity contribution in [2.45, 2.75) is 52.1 Å². The predicted octanol–water partition coefficient (Wildman–Crippen LogP) is 4.27. The quantitative estimate of drug-likeness (QED) is 0.484. The first kappa shape index (κ1) is 25.4. The number of carbonyl (C=O) groups is 2. The van der Waals surface area contributed by atoms with E-state index in [1.807, 2.05) is 20.8 Å². The minimum Gasteiger partial charge on any atom is -0.487 e. The number of benzene rings is 1. The Labute approximate surface area is 211 Å². The Hall–Kier alpha value is -3.72. The molecule has 3 heterocycles. The number of pyridine rings is 1. The minimum atomic E-state index is -0.314. The monoisotopic (exact) mass is 491 g/mol. The van der Waals surface area contributed by atoms with Crippen molar-refractivity contribution in [1.29, 1.82) is 0 Å². The van der Waals surface area contributed by atoms with Gasteiger partial charge in [0.1, 0.15) is 23.3 Å². The van der Waals surface area contributed by atoms with E-state index in [-0.39, 0.29) is 29.8 Å². The first-order valence-electron chi connectivity index (χ1n) is 12.2. The van der Waals surface area contributed by atoms with Crippen LogP contribution in [0.3, 0.4) is 0 Å². The number of ether oxygens (including phenoxy) is 1. The highest BCUT2D eigenvalue weighted by atomic mass is 16.5. The number of aromatic nitrogens is 2. The third-order valence-electron chi connectivity index (χ3n) is 6.04. The Bertz CT molecular complexity index is 1180. The van der Waals surface area contributed by atoms with E-state index in [0.29, 0.717) is 28.7 Å². The Balaban J connectivity index is 1.26. The average molecular weight is 492 g/mol. The predicted molar refractivity (Wildman–Crippen MR) is 137 cm³/mol. The molecule has 1 aliphatic heterocycles. The van der Waals surface area contributed by atoms with Gasteiger partial charge in [0.2, 0.25) is 5.91 Å². The van der Waals surface area contributed by atoms with Crippen LogP contribution in [0.2, 0.25) is 0 Å². The minimum absolute atomic E-state index is 0.156. The van der Waals surface area contributed by atoms with Crippen LogP contribution in [-0.2, 0) is 16.6 Å². The number of nitrogens with zero attached hydrogens (tertiary/aromatic N) is 3. The molecule has 2 aromatic heterocycles. The molecule has 2 amide bonds. The number of nitrogens with one attached hydrogen (secondary N) is 2. The van der Waals surface area contributed by atoms with Crippen molar-refractivity contribution in [1.82, 2.24) is 15.0 Å². The fourth-order valence-electron chi connectivity index (χ4n) is 3.92. The summed E-state index contributed by atoms with van der Waals surface area (Å²) in [5.41, 5.74) is 1.53. The zero-order valence-corrected chi connectivity index (χ0v) is 21.2. The molecule has 1 aromatic carbocycles. The second-order valence-electron chi connectivity index (χ2n) is 10.0. The summed E-state index contributed by atoms with van der Waals surface area (Å²) in [7, 11) is 0. The second-order valence-corrected chi connectivity index (χ2v) is 10.0. The van der Waals surface area contributed by atoms with Gasteiger partial charge < -0.3 is 19.9 Å². The number of likely N-dealkylation sites (tertiary alicyclic amines) is 1. The maximum atomic E-state index is 12.6. The van der Waals surface area contributed by atoms with Crippen LogP contribution >= 0.6 is 0 Å². The van der Waals surface area contributed by atoms with Crippen LogP contribution in [0, 0.1) is 0 Å². The second kappa shape index (κ2) is 10.9. The van der Waals surface area contributed by atoms with Crippen molar-refractivity contribution in [3.8, 4) is 5.75 Å². The lowest BCUT2D eigenvalue weighted by Crippen LogP contribution is -2.24. The molecular weight excluding hydrogens is 458 g/mol. The molecule has 9 heteroatoms. The Morgan fingerprint density at radius 2 is 1.92 bits per heavy atom. The molecule has 0 bridgehead atoms. The van der Waals surface area contributed by atoms with Crippen LogP contribution in [-0.4, -0.2) is 52.6 Å². The van der Waals surface area contributed by atoms with E-state index in [1.54, 1.807) is 48.7 Å². The lowest BCUT2D eigenvalue weighted by atomic mass is 9.93. The fourth-order valence-corrected chi connectivity index (χ4v) is 3.92. The Kier molecular flexibility index (Phi) is 7.69. The van der Waals surface area contributed by atoms with E-state index in [9.17, 15) is 9.59 Å². The molecule has 190 valence electrons. The van der Waals surface area contributed by atoms with Gasteiger partial charge in [0.25, 0.3) is 5.91 Å². The maximum Gasteiger partial charge on any atom is 0.274 e. The number of likely N-dealkylation sites (N-methyl/N-ethyl adjacent to an activating group) is 1. The summed E-state index contributed by atoms with van der Waals surface area (Å²) in [4.78, 5) is 31.6.